The van der Waals surface area contributed by atoms with Crippen molar-refractivity contribution in [2.75, 3.05) is 0 Å². The Hall–Kier alpha value is -1.79. The third-order valence-corrected chi connectivity index (χ3v) is 3.08. The fourth-order valence-electron chi connectivity index (χ4n) is 1.41. The van der Waals surface area contributed by atoms with E-state index in [-0.39, 0.29) is 12.2 Å². The molecule has 5 nitrogen and oxygen atoms in total. The van der Waals surface area contributed by atoms with Crippen LogP contribution in [-0.2, 0) is 13.0 Å². The lowest BCUT2D eigenvalue weighted by atomic mass is 10.1. The predicted molar refractivity (Wildman–Crippen MR) is 62.0 cm³/mol. The molecule has 1 aromatic heterocycles. The van der Waals surface area contributed by atoms with Gasteiger partial charge in [-0.3, -0.25) is 0 Å². The number of aliphatic hydroxyl groups is 1. The zero-order valence-electron chi connectivity index (χ0n) is 8.83. The van der Waals surface area contributed by atoms with E-state index >= 15 is 0 Å². The largest absolute Gasteiger partial charge is 0.478 e. The molecule has 2 rings (SSSR count). The van der Waals surface area contributed by atoms with Crippen molar-refractivity contribution in [3.8, 4) is 0 Å². The normalized spacial score (nSPS) is 10.4. The van der Waals surface area contributed by atoms with Crippen molar-refractivity contribution in [1.29, 1.82) is 0 Å². The average molecular weight is 250 g/mol. The minimum Gasteiger partial charge on any atom is -0.478 e. The molecule has 0 amide bonds. The van der Waals surface area contributed by atoms with Gasteiger partial charge in [-0.1, -0.05) is 23.5 Å². The third kappa shape index (κ3) is 2.86. The third-order valence-electron chi connectivity index (χ3n) is 2.17. The van der Waals surface area contributed by atoms with Gasteiger partial charge in [-0.05, 0) is 17.7 Å². The molecule has 2 aromatic rings. The number of aromatic nitrogens is 2. The number of nitrogens with zero attached hydrogens (tertiary/aromatic N) is 2. The molecular formula is C11H10N2O3S. The summed E-state index contributed by atoms with van der Waals surface area (Å²) in [6.45, 7) is -0.118. The second-order valence-corrected chi connectivity index (χ2v) is 4.58. The maximum Gasteiger partial charge on any atom is 0.335 e. The van der Waals surface area contributed by atoms with Crippen LogP contribution < -0.4 is 0 Å². The van der Waals surface area contributed by atoms with Gasteiger partial charge >= 0.3 is 5.97 Å². The highest BCUT2D eigenvalue weighted by molar-refractivity contribution is 7.11. The molecule has 0 unspecified atom stereocenters. The first-order valence-electron chi connectivity index (χ1n) is 4.93. The van der Waals surface area contributed by atoms with Crippen LogP contribution in [0.2, 0.25) is 0 Å². The van der Waals surface area contributed by atoms with E-state index in [1.165, 1.54) is 11.3 Å². The van der Waals surface area contributed by atoms with E-state index in [0.29, 0.717) is 11.4 Å². The summed E-state index contributed by atoms with van der Waals surface area (Å²) < 4.78 is 0. The van der Waals surface area contributed by atoms with Crippen LogP contribution in [0.5, 0.6) is 0 Å². The van der Waals surface area contributed by atoms with E-state index < -0.39 is 5.97 Å². The van der Waals surface area contributed by atoms with Crippen molar-refractivity contribution in [3.63, 3.8) is 0 Å². The highest BCUT2D eigenvalue weighted by Crippen LogP contribution is 2.15. The highest BCUT2D eigenvalue weighted by Gasteiger charge is 2.07. The summed E-state index contributed by atoms with van der Waals surface area (Å²) in [6.07, 6.45) is 0.527. The Bertz CT molecular complexity index is 539. The molecule has 6 heteroatoms. The summed E-state index contributed by atoms with van der Waals surface area (Å²) in [6, 6.07) is 6.70. The summed E-state index contributed by atoms with van der Waals surface area (Å²) >= 11 is 1.32. The Kier molecular flexibility index (Phi) is 3.46. The van der Waals surface area contributed by atoms with Crippen molar-refractivity contribution in [2.45, 2.75) is 13.0 Å². The maximum atomic E-state index is 10.8. The molecular weight excluding hydrogens is 240 g/mol. The van der Waals surface area contributed by atoms with Gasteiger partial charge in [0.1, 0.15) is 10.0 Å². The Labute approximate surface area is 101 Å². The Morgan fingerprint density at radius 2 is 2.06 bits per heavy atom. The Morgan fingerprint density at radius 3 is 2.71 bits per heavy atom. The molecule has 0 saturated carbocycles. The number of carboxylic acid groups (broad SMARTS) is 1. The van der Waals surface area contributed by atoms with Crippen molar-refractivity contribution in [3.05, 3.63) is 45.4 Å². The molecule has 17 heavy (non-hydrogen) atoms. The van der Waals surface area contributed by atoms with Gasteiger partial charge in [0, 0.05) is 6.42 Å². The first kappa shape index (κ1) is 11.7. The topological polar surface area (TPSA) is 83.3 Å². The number of hydrogen-bond donors (Lipinski definition) is 2. The van der Waals surface area contributed by atoms with Crippen LogP contribution in [0.1, 0.15) is 25.9 Å². The zero-order chi connectivity index (χ0) is 12.3. The van der Waals surface area contributed by atoms with Gasteiger partial charge < -0.3 is 10.2 Å². The number of benzene rings is 1. The lowest BCUT2D eigenvalue weighted by Crippen LogP contribution is -1.97. The molecule has 0 bridgehead atoms. The molecule has 2 N–H and O–H groups in total. The quantitative estimate of drug-likeness (QED) is 0.855. The predicted octanol–water partition coefficient (Wildman–Crippen LogP) is 1.32. The second-order valence-electron chi connectivity index (χ2n) is 3.43. The summed E-state index contributed by atoms with van der Waals surface area (Å²) in [5, 5.41) is 26.8. The van der Waals surface area contributed by atoms with Crippen molar-refractivity contribution in [2.24, 2.45) is 0 Å². The molecule has 0 spiro atoms. The van der Waals surface area contributed by atoms with Gasteiger partial charge in [0.25, 0.3) is 0 Å². The summed E-state index contributed by atoms with van der Waals surface area (Å²) in [4.78, 5) is 10.8. The van der Waals surface area contributed by atoms with Gasteiger partial charge in [0.05, 0.1) is 12.2 Å². The number of aromatic carboxylic acids is 1. The standard InChI is InChI=1S/C11H10N2O3S/c14-6-10-13-12-9(17-10)5-7-2-1-3-8(4-7)11(15)16/h1-4,14H,5-6H2,(H,15,16). The molecule has 0 aliphatic rings. The monoisotopic (exact) mass is 250 g/mol. The number of rotatable bonds is 4. The lowest BCUT2D eigenvalue weighted by Gasteiger charge is -1.99. The summed E-state index contributed by atoms with van der Waals surface area (Å²) in [7, 11) is 0. The lowest BCUT2D eigenvalue weighted by molar-refractivity contribution is 0.0697. The maximum absolute atomic E-state index is 10.8. The first-order valence-corrected chi connectivity index (χ1v) is 5.75. The van der Waals surface area contributed by atoms with E-state index in [2.05, 4.69) is 10.2 Å². The van der Waals surface area contributed by atoms with Crippen LogP contribution in [0, 0.1) is 0 Å². The fourth-order valence-corrected chi connectivity index (χ4v) is 2.15. The Balaban J connectivity index is 2.18. The minimum absolute atomic E-state index is 0.118. The number of aliphatic hydroxyl groups excluding tert-OH is 1. The first-order chi connectivity index (χ1) is 8.19. The summed E-state index contributed by atoms with van der Waals surface area (Å²) in [5.74, 6) is -0.944. The summed E-state index contributed by atoms with van der Waals surface area (Å²) in [5.41, 5.74) is 1.12. The van der Waals surface area contributed by atoms with Crippen LogP contribution in [-0.4, -0.2) is 26.4 Å². The van der Waals surface area contributed by atoms with Crippen LogP contribution >= 0.6 is 11.3 Å². The van der Waals surface area contributed by atoms with E-state index in [0.717, 1.165) is 10.6 Å². The van der Waals surface area contributed by atoms with E-state index in [4.69, 9.17) is 10.2 Å². The molecule has 1 aromatic carbocycles. The fraction of sp³-hybridized carbons (Fsp3) is 0.182. The molecule has 88 valence electrons. The van der Waals surface area contributed by atoms with Gasteiger partial charge in [-0.25, -0.2) is 4.79 Å². The van der Waals surface area contributed by atoms with Gasteiger partial charge in [0.2, 0.25) is 0 Å². The van der Waals surface area contributed by atoms with Crippen molar-refractivity contribution >= 4 is 17.3 Å². The van der Waals surface area contributed by atoms with Gasteiger partial charge in [-0.15, -0.1) is 10.2 Å². The van der Waals surface area contributed by atoms with Gasteiger partial charge in [-0.2, -0.15) is 0 Å². The molecule has 0 aliphatic carbocycles. The number of hydrogen-bond acceptors (Lipinski definition) is 5. The van der Waals surface area contributed by atoms with Crippen LogP contribution in [0.3, 0.4) is 0 Å². The molecule has 1 heterocycles. The second kappa shape index (κ2) is 5.03. The van der Waals surface area contributed by atoms with Crippen molar-refractivity contribution in [1.82, 2.24) is 10.2 Å². The van der Waals surface area contributed by atoms with E-state index in [1.807, 2.05) is 6.07 Å². The van der Waals surface area contributed by atoms with Crippen LogP contribution in [0.25, 0.3) is 0 Å². The number of carbonyl (C=O) groups is 1. The van der Waals surface area contributed by atoms with Crippen LogP contribution in [0.4, 0.5) is 0 Å². The molecule has 0 atom stereocenters. The SMILES string of the molecule is O=C(O)c1cccc(Cc2nnc(CO)s2)c1. The number of carboxylic acids is 1. The highest BCUT2D eigenvalue weighted by atomic mass is 32.1. The van der Waals surface area contributed by atoms with Gasteiger partial charge in [0.15, 0.2) is 0 Å². The van der Waals surface area contributed by atoms with Crippen molar-refractivity contribution < 1.29 is 15.0 Å². The molecule has 0 radical (unpaired) electrons. The van der Waals surface area contributed by atoms with E-state index in [1.54, 1.807) is 18.2 Å². The van der Waals surface area contributed by atoms with Crippen LogP contribution in [0.15, 0.2) is 24.3 Å². The van der Waals surface area contributed by atoms with E-state index in [9.17, 15) is 4.79 Å². The smallest absolute Gasteiger partial charge is 0.335 e. The molecule has 0 saturated heterocycles. The Morgan fingerprint density at radius 1 is 1.29 bits per heavy atom. The zero-order valence-corrected chi connectivity index (χ0v) is 9.65. The molecule has 0 fully saturated rings. The average Bonchev–Trinajstić information content (AvgIpc) is 2.77. The minimum atomic E-state index is -0.944. The molecule has 0 aliphatic heterocycles.